The highest BCUT2D eigenvalue weighted by molar-refractivity contribution is 6.30. The topological polar surface area (TPSA) is 82.8 Å². The van der Waals surface area contributed by atoms with Gasteiger partial charge in [0.15, 0.2) is 0 Å². The maximum absolute atomic E-state index is 13.0. The Balaban J connectivity index is 0.000000203. The van der Waals surface area contributed by atoms with Gasteiger partial charge in [-0.05, 0) is 25.0 Å². The normalized spacial score (nSPS) is 22.6. The molecule has 1 N–H and O–H groups in total. The molecule has 1 saturated carbocycles. The Labute approximate surface area is 192 Å². The van der Waals surface area contributed by atoms with Crippen LogP contribution in [0.4, 0.5) is 17.6 Å². The van der Waals surface area contributed by atoms with E-state index in [0.717, 1.165) is 12.8 Å². The van der Waals surface area contributed by atoms with Crippen molar-refractivity contribution in [3.8, 4) is 11.3 Å². The first-order valence-electron chi connectivity index (χ1n) is 10.3. The number of amides is 1. The molecule has 1 atom stereocenters. The standard InChI is InChI=1S/C12H18F3NO4.C9H5ClFNO/c13-12(14,15)20-10-4-9(5-10)19-7-11(17)16-8-2-1-3-18-6-8;10-7-2-1-6(5-8(7)11)9-3-4-13-12-9/h8-10H,1-7H2,(H,16,17);1-5H. The van der Waals surface area contributed by atoms with Crippen LogP contribution < -0.4 is 5.32 Å². The number of carbonyl (C=O) groups excluding carboxylic acids is 1. The molecule has 1 saturated heterocycles. The second-order valence-electron chi connectivity index (χ2n) is 7.59. The van der Waals surface area contributed by atoms with Crippen LogP contribution in [0.3, 0.4) is 0 Å². The first-order valence-corrected chi connectivity index (χ1v) is 10.7. The van der Waals surface area contributed by atoms with Crippen molar-refractivity contribution >= 4 is 17.5 Å². The highest BCUT2D eigenvalue weighted by Crippen LogP contribution is 2.32. The number of carbonyl (C=O) groups is 1. The molecule has 1 aliphatic heterocycles. The van der Waals surface area contributed by atoms with Gasteiger partial charge in [-0.3, -0.25) is 9.53 Å². The van der Waals surface area contributed by atoms with Crippen LogP contribution >= 0.6 is 11.6 Å². The molecule has 12 heteroatoms. The van der Waals surface area contributed by atoms with Crippen molar-refractivity contribution in [2.24, 2.45) is 0 Å². The Hall–Kier alpha value is -2.21. The van der Waals surface area contributed by atoms with Gasteiger partial charge in [-0.15, -0.1) is 13.2 Å². The second-order valence-corrected chi connectivity index (χ2v) is 7.99. The number of benzene rings is 1. The number of ether oxygens (including phenoxy) is 3. The Kier molecular flexibility index (Phi) is 9.07. The Morgan fingerprint density at radius 2 is 2.03 bits per heavy atom. The maximum atomic E-state index is 13.0. The van der Waals surface area contributed by atoms with E-state index in [0.29, 0.717) is 24.5 Å². The van der Waals surface area contributed by atoms with Gasteiger partial charge in [0.1, 0.15) is 24.4 Å². The molecule has 1 aromatic carbocycles. The highest BCUT2D eigenvalue weighted by Gasteiger charge is 2.40. The molecule has 0 radical (unpaired) electrons. The van der Waals surface area contributed by atoms with Gasteiger partial charge in [-0.1, -0.05) is 22.8 Å². The lowest BCUT2D eigenvalue weighted by Gasteiger charge is -2.35. The first-order chi connectivity index (χ1) is 15.7. The third kappa shape index (κ3) is 8.58. The number of halogens is 5. The summed E-state index contributed by atoms with van der Waals surface area (Å²) in [6.45, 7) is 1.07. The third-order valence-electron chi connectivity index (χ3n) is 4.98. The summed E-state index contributed by atoms with van der Waals surface area (Å²) >= 11 is 5.52. The van der Waals surface area contributed by atoms with Gasteiger partial charge in [-0.2, -0.15) is 0 Å². The summed E-state index contributed by atoms with van der Waals surface area (Å²) in [5.74, 6) is -0.720. The number of nitrogens with one attached hydrogen (secondary N) is 1. The maximum Gasteiger partial charge on any atom is 0.522 e. The monoisotopic (exact) mass is 494 g/mol. The van der Waals surface area contributed by atoms with Crippen molar-refractivity contribution in [3.05, 3.63) is 41.4 Å². The Morgan fingerprint density at radius 3 is 2.64 bits per heavy atom. The summed E-state index contributed by atoms with van der Waals surface area (Å²) in [6.07, 6.45) is -2.25. The Morgan fingerprint density at radius 1 is 1.24 bits per heavy atom. The minimum Gasteiger partial charge on any atom is -0.379 e. The number of aromatic nitrogens is 1. The lowest BCUT2D eigenvalue weighted by molar-refractivity contribution is -0.357. The van der Waals surface area contributed by atoms with Crippen LogP contribution in [-0.4, -0.2) is 55.5 Å². The van der Waals surface area contributed by atoms with E-state index in [1.165, 1.54) is 18.4 Å². The van der Waals surface area contributed by atoms with Crippen molar-refractivity contribution in [1.29, 1.82) is 0 Å². The summed E-state index contributed by atoms with van der Waals surface area (Å²) in [4.78, 5) is 11.6. The fourth-order valence-electron chi connectivity index (χ4n) is 3.27. The highest BCUT2D eigenvalue weighted by atomic mass is 35.5. The van der Waals surface area contributed by atoms with Gasteiger partial charge in [0, 0.05) is 31.1 Å². The largest absolute Gasteiger partial charge is 0.522 e. The van der Waals surface area contributed by atoms with E-state index < -0.39 is 18.3 Å². The quantitative estimate of drug-likeness (QED) is 0.595. The number of hydrogen-bond acceptors (Lipinski definition) is 6. The lowest BCUT2D eigenvalue weighted by Crippen LogP contribution is -2.45. The SMILES string of the molecule is Fc1cc(-c2ccon2)ccc1Cl.O=C(COC1CC(OC(F)(F)F)C1)NC1CCCOC1. The van der Waals surface area contributed by atoms with Crippen LogP contribution in [0.25, 0.3) is 11.3 Å². The molecule has 4 rings (SSSR count). The molecule has 0 bridgehead atoms. The molecule has 33 heavy (non-hydrogen) atoms. The predicted octanol–water partition coefficient (Wildman–Crippen LogP) is 4.50. The molecule has 2 aliphatic rings. The van der Waals surface area contributed by atoms with Gasteiger partial charge in [0.05, 0.1) is 29.9 Å². The minimum atomic E-state index is -4.60. The van der Waals surface area contributed by atoms with Gasteiger partial charge in [0.25, 0.3) is 0 Å². The van der Waals surface area contributed by atoms with E-state index in [1.54, 1.807) is 12.1 Å². The predicted molar refractivity (Wildman–Crippen MR) is 109 cm³/mol. The fourth-order valence-corrected chi connectivity index (χ4v) is 3.39. The summed E-state index contributed by atoms with van der Waals surface area (Å²) in [5, 5.41) is 6.55. The molecule has 1 aromatic heterocycles. The van der Waals surface area contributed by atoms with E-state index in [9.17, 15) is 22.4 Å². The first kappa shape index (κ1) is 25.4. The van der Waals surface area contributed by atoms with Crippen molar-refractivity contribution in [2.45, 2.75) is 50.3 Å². The van der Waals surface area contributed by atoms with Crippen LogP contribution in [-0.2, 0) is 19.0 Å². The van der Waals surface area contributed by atoms with E-state index in [2.05, 4.69) is 19.7 Å². The minimum absolute atomic E-state index is 0.00236. The van der Waals surface area contributed by atoms with Crippen LogP contribution in [0, 0.1) is 5.82 Å². The molecular weight excluding hydrogens is 472 g/mol. The molecule has 2 heterocycles. The summed E-state index contributed by atoms with van der Waals surface area (Å²) in [7, 11) is 0. The molecule has 1 amide bonds. The van der Waals surface area contributed by atoms with Crippen LogP contribution in [0.1, 0.15) is 25.7 Å². The molecule has 7 nitrogen and oxygen atoms in total. The molecule has 1 aliphatic carbocycles. The average molecular weight is 495 g/mol. The van der Waals surface area contributed by atoms with Gasteiger partial charge in [0.2, 0.25) is 5.91 Å². The molecule has 2 fully saturated rings. The van der Waals surface area contributed by atoms with Crippen LogP contribution in [0.2, 0.25) is 5.02 Å². The van der Waals surface area contributed by atoms with E-state index in [4.69, 9.17) is 21.1 Å². The fraction of sp³-hybridized carbons (Fsp3) is 0.524. The summed E-state index contributed by atoms with van der Waals surface area (Å²) in [5.41, 5.74) is 1.24. The van der Waals surface area contributed by atoms with Gasteiger partial charge >= 0.3 is 6.36 Å². The van der Waals surface area contributed by atoms with Crippen LogP contribution in [0.5, 0.6) is 0 Å². The zero-order valence-corrected chi connectivity index (χ0v) is 18.2. The summed E-state index contributed by atoms with van der Waals surface area (Å²) in [6, 6.07) is 6.15. The van der Waals surface area contributed by atoms with Crippen molar-refractivity contribution < 1.29 is 41.1 Å². The number of hydrogen-bond donors (Lipinski definition) is 1. The van der Waals surface area contributed by atoms with Gasteiger partial charge in [-0.25, -0.2) is 4.39 Å². The smallest absolute Gasteiger partial charge is 0.379 e. The van der Waals surface area contributed by atoms with E-state index in [-0.39, 0.29) is 42.5 Å². The van der Waals surface area contributed by atoms with Crippen molar-refractivity contribution in [1.82, 2.24) is 10.5 Å². The third-order valence-corrected chi connectivity index (χ3v) is 5.29. The van der Waals surface area contributed by atoms with E-state index >= 15 is 0 Å². The number of nitrogens with zero attached hydrogens (tertiary/aromatic N) is 1. The lowest BCUT2D eigenvalue weighted by atomic mass is 9.92. The van der Waals surface area contributed by atoms with E-state index in [1.807, 2.05) is 0 Å². The Bertz CT molecular complexity index is 885. The summed E-state index contributed by atoms with van der Waals surface area (Å²) < 4.78 is 67.6. The molecule has 0 spiro atoms. The second kappa shape index (κ2) is 11.8. The van der Waals surface area contributed by atoms with Crippen molar-refractivity contribution in [3.63, 3.8) is 0 Å². The van der Waals surface area contributed by atoms with Gasteiger partial charge < -0.3 is 19.3 Å². The molecule has 182 valence electrons. The average Bonchev–Trinajstić information content (AvgIpc) is 3.27. The molecular formula is C21H23ClF4N2O5. The molecule has 2 aromatic rings. The molecule has 1 unspecified atom stereocenters. The zero-order chi connectivity index (χ0) is 23.8. The number of alkyl halides is 3. The number of rotatable bonds is 6. The zero-order valence-electron chi connectivity index (χ0n) is 17.4. The van der Waals surface area contributed by atoms with Crippen molar-refractivity contribution in [2.75, 3.05) is 19.8 Å². The van der Waals surface area contributed by atoms with Crippen LogP contribution in [0.15, 0.2) is 35.1 Å².